The molecule has 0 saturated carbocycles. The molecule has 0 spiro atoms. The van der Waals surface area contributed by atoms with Crippen LogP contribution in [0.1, 0.15) is 58.8 Å². The summed E-state index contributed by atoms with van der Waals surface area (Å²) in [6.07, 6.45) is 19.9. The van der Waals surface area contributed by atoms with Crippen LogP contribution in [0.25, 0.3) is 0 Å². The molecule has 0 heterocycles. The van der Waals surface area contributed by atoms with Crippen LogP contribution in [0, 0.1) is 0 Å². The van der Waals surface area contributed by atoms with E-state index in [-0.39, 0.29) is 26.1 Å². The lowest BCUT2D eigenvalue weighted by Crippen LogP contribution is -2.37. The molecule has 0 aromatic heterocycles. The monoisotopic (exact) mass is 544 g/mol. The van der Waals surface area contributed by atoms with Gasteiger partial charge in [-0.05, 0) is 32.1 Å². The fourth-order valence-electron chi connectivity index (χ4n) is 2.59. The molecule has 2 unspecified atom stereocenters. The van der Waals surface area contributed by atoms with E-state index in [4.69, 9.17) is 18.5 Å². The number of rotatable bonds is 21. The zero-order chi connectivity index (χ0) is 28.0. The highest BCUT2D eigenvalue weighted by atomic mass is 31.2. The van der Waals surface area contributed by atoms with Crippen molar-refractivity contribution >= 4 is 19.8 Å². The van der Waals surface area contributed by atoms with Gasteiger partial charge in [0.2, 0.25) is 0 Å². The summed E-state index contributed by atoms with van der Waals surface area (Å²) in [7, 11) is 1.41. The van der Waals surface area contributed by atoms with Gasteiger partial charge in [0.25, 0.3) is 0 Å². The Hall–Kier alpha value is -2.03. The third kappa shape index (κ3) is 24.1. The van der Waals surface area contributed by atoms with Gasteiger partial charge in [-0.2, -0.15) is 0 Å². The van der Waals surface area contributed by atoms with Gasteiger partial charge in [0.15, 0.2) is 6.10 Å². The molecule has 37 heavy (non-hydrogen) atoms. The Labute approximate surface area is 223 Å². The zero-order valence-corrected chi connectivity index (χ0v) is 24.1. The molecule has 0 rings (SSSR count). The molecule has 0 amide bonds. The van der Waals surface area contributed by atoms with E-state index in [1.54, 1.807) is 6.92 Å². The smallest absolute Gasteiger partial charge is 0.462 e. The van der Waals surface area contributed by atoms with Crippen LogP contribution in [-0.4, -0.2) is 74.9 Å². The number of nitrogens with zero attached hydrogens (tertiary/aromatic N) is 1. The summed E-state index contributed by atoms with van der Waals surface area (Å²) >= 11 is 0. The second-order valence-corrected chi connectivity index (χ2v) is 10.8. The minimum atomic E-state index is -4.35. The van der Waals surface area contributed by atoms with Crippen LogP contribution in [0.4, 0.5) is 0 Å². The number of quaternary nitrogens is 1. The Bertz CT molecular complexity index is 799. The second-order valence-electron chi connectivity index (χ2n) is 9.30. The first kappa shape index (κ1) is 35.0. The summed E-state index contributed by atoms with van der Waals surface area (Å²) < 4.78 is 33.0. The van der Waals surface area contributed by atoms with Crippen LogP contribution in [-0.2, 0) is 32.7 Å². The van der Waals surface area contributed by atoms with E-state index < -0.39 is 32.5 Å². The lowest BCUT2D eigenvalue weighted by atomic mass is 10.2. The van der Waals surface area contributed by atoms with Crippen molar-refractivity contribution in [1.29, 1.82) is 0 Å². The van der Waals surface area contributed by atoms with Crippen LogP contribution >= 0.6 is 7.82 Å². The van der Waals surface area contributed by atoms with Crippen molar-refractivity contribution in [2.45, 2.75) is 64.9 Å². The predicted molar refractivity (Wildman–Crippen MR) is 146 cm³/mol. The van der Waals surface area contributed by atoms with Gasteiger partial charge in [0.1, 0.15) is 19.8 Å². The SMILES string of the molecule is CC/C=C\C/C=C\C/C=C\C/C=C\CCC(=O)OC(COC(=O)CC)COP(=O)(O)OCC[N+](C)(C)C. The zero-order valence-electron chi connectivity index (χ0n) is 23.2. The molecule has 0 bridgehead atoms. The van der Waals surface area contributed by atoms with Crippen LogP contribution in [0.15, 0.2) is 48.6 Å². The van der Waals surface area contributed by atoms with Crippen molar-refractivity contribution in [1.82, 2.24) is 0 Å². The number of esters is 2. The number of carbonyl (C=O) groups is 2. The normalized spacial score (nSPS) is 15.1. The first-order chi connectivity index (χ1) is 17.5. The maximum atomic E-state index is 12.2. The number of phosphoric acid groups is 1. The van der Waals surface area contributed by atoms with Gasteiger partial charge in [-0.3, -0.25) is 18.6 Å². The summed E-state index contributed by atoms with van der Waals surface area (Å²) in [4.78, 5) is 33.6. The van der Waals surface area contributed by atoms with E-state index in [2.05, 4.69) is 43.4 Å². The van der Waals surface area contributed by atoms with E-state index in [1.165, 1.54) is 0 Å². The second kappa shape index (κ2) is 21.0. The average molecular weight is 545 g/mol. The molecule has 0 aliphatic heterocycles. The predicted octanol–water partition coefficient (Wildman–Crippen LogP) is 5.28. The van der Waals surface area contributed by atoms with E-state index in [1.807, 2.05) is 33.3 Å². The van der Waals surface area contributed by atoms with E-state index in [0.717, 1.165) is 25.7 Å². The average Bonchev–Trinajstić information content (AvgIpc) is 2.82. The van der Waals surface area contributed by atoms with Crippen molar-refractivity contribution in [2.24, 2.45) is 0 Å². The third-order valence-corrected chi connectivity index (χ3v) is 5.68. The van der Waals surface area contributed by atoms with Gasteiger partial charge in [0.05, 0.1) is 27.7 Å². The molecular weight excluding hydrogens is 497 g/mol. The van der Waals surface area contributed by atoms with Gasteiger partial charge >= 0.3 is 19.8 Å². The molecule has 1 N–H and O–H groups in total. The van der Waals surface area contributed by atoms with Crippen molar-refractivity contribution in [3.63, 3.8) is 0 Å². The molecule has 0 aromatic rings. The van der Waals surface area contributed by atoms with Gasteiger partial charge in [-0.25, -0.2) is 4.57 Å². The molecule has 0 saturated heterocycles. The molecule has 0 fully saturated rings. The molecule has 0 radical (unpaired) electrons. The van der Waals surface area contributed by atoms with Crippen molar-refractivity contribution in [2.75, 3.05) is 47.5 Å². The largest absolute Gasteiger partial charge is 0.472 e. The third-order valence-electron chi connectivity index (χ3n) is 4.69. The number of carbonyl (C=O) groups excluding carboxylic acids is 2. The Kier molecular flexibility index (Phi) is 19.8. The molecule has 0 aliphatic carbocycles. The molecule has 2 atom stereocenters. The van der Waals surface area contributed by atoms with E-state index >= 15 is 0 Å². The quantitative estimate of drug-likeness (QED) is 0.0900. The topological polar surface area (TPSA) is 108 Å². The number of likely N-dealkylation sites (N-methyl/N-ethyl adjacent to an activating group) is 1. The fraction of sp³-hybridized carbons (Fsp3) is 0.630. The maximum absolute atomic E-state index is 12.2. The molecule has 212 valence electrons. The van der Waals surface area contributed by atoms with Gasteiger partial charge in [-0.1, -0.05) is 62.5 Å². The van der Waals surface area contributed by atoms with Crippen LogP contribution in [0.3, 0.4) is 0 Å². The van der Waals surface area contributed by atoms with Gasteiger partial charge < -0.3 is 18.9 Å². The fourth-order valence-corrected chi connectivity index (χ4v) is 3.33. The number of allylic oxidation sites excluding steroid dienone is 8. The number of hydrogen-bond donors (Lipinski definition) is 1. The number of phosphoric ester groups is 1. The van der Waals surface area contributed by atoms with Crippen molar-refractivity contribution < 1.29 is 42.1 Å². The molecule has 9 nitrogen and oxygen atoms in total. The minimum absolute atomic E-state index is 0.0153. The highest BCUT2D eigenvalue weighted by Crippen LogP contribution is 2.43. The Morgan fingerprint density at radius 2 is 1.41 bits per heavy atom. The van der Waals surface area contributed by atoms with Crippen LogP contribution < -0.4 is 0 Å². The minimum Gasteiger partial charge on any atom is -0.462 e. The molecule has 10 heteroatoms. The number of hydrogen-bond acceptors (Lipinski definition) is 7. The first-order valence-corrected chi connectivity index (χ1v) is 14.4. The lowest BCUT2D eigenvalue weighted by Gasteiger charge is -2.24. The summed E-state index contributed by atoms with van der Waals surface area (Å²) in [5.74, 6) is -1.01. The highest BCUT2D eigenvalue weighted by molar-refractivity contribution is 7.47. The molecule has 0 aliphatic rings. The van der Waals surface area contributed by atoms with Crippen LogP contribution in [0.5, 0.6) is 0 Å². The molecule has 0 aromatic carbocycles. The summed E-state index contributed by atoms with van der Waals surface area (Å²) in [6.45, 7) is 3.54. The van der Waals surface area contributed by atoms with E-state index in [9.17, 15) is 19.0 Å². The van der Waals surface area contributed by atoms with Crippen molar-refractivity contribution in [3.8, 4) is 0 Å². The number of ether oxygens (including phenoxy) is 2. The van der Waals surface area contributed by atoms with E-state index in [0.29, 0.717) is 17.4 Å². The van der Waals surface area contributed by atoms with Gasteiger partial charge in [-0.15, -0.1) is 0 Å². The van der Waals surface area contributed by atoms with Crippen molar-refractivity contribution in [3.05, 3.63) is 48.6 Å². The molecular formula is C27H47NO8P+. The Balaban J connectivity index is 4.45. The van der Waals surface area contributed by atoms with Crippen LogP contribution in [0.2, 0.25) is 0 Å². The highest BCUT2D eigenvalue weighted by Gasteiger charge is 2.26. The Morgan fingerprint density at radius 3 is 1.95 bits per heavy atom. The Morgan fingerprint density at radius 1 is 0.838 bits per heavy atom. The lowest BCUT2D eigenvalue weighted by molar-refractivity contribution is -0.870. The summed E-state index contributed by atoms with van der Waals surface area (Å²) in [5.41, 5.74) is 0. The van der Waals surface area contributed by atoms with Gasteiger partial charge in [0, 0.05) is 12.8 Å². The standard InChI is InChI=1S/C27H46NO8P/c1-6-8-9-10-11-12-13-14-15-16-17-18-19-20-27(30)36-25(23-33-26(29)7-2)24-35-37(31,32)34-22-21-28(3,4)5/h8-9,11-12,14-15,17-18,25H,6-7,10,13,16,19-24H2,1-5H3/p+1/b9-8-,12-11-,15-14-,18-17-. The maximum Gasteiger partial charge on any atom is 0.472 e. The first-order valence-electron chi connectivity index (χ1n) is 12.9. The summed E-state index contributed by atoms with van der Waals surface area (Å²) in [5, 5.41) is 0. The summed E-state index contributed by atoms with van der Waals surface area (Å²) in [6, 6.07) is 0.